The molecule has 0 spiro atoms. The van der Waals surface area contributed by atoms with Gasteiger partial charge in [0.25, 0.3) is 0 Å². The molecule has 0 aromatic heterocycles. The molecule has 0 saturated heterocycles. The largest absolute Gasteiger partial charge is 0.508 e. The summed E-state index contributed by atoms with van der Waals surface area (Å²) in [5, 5.41) is 67.6. The van der Waals surface area contributed by atoms with E-state index in [-0.39, 0.29) is 58.0 Å². The van der Waals surface area contributed by atoms with Crippen LogP contribution in [0, 0.1) is 0 Å². The standard InChI is InChI=1S/C26H22O4.C19H16O3/c27-21-9-1-17(2-10-21)25(18-3-11-22(28)12-4-18)26(19-5-13-23(29)14-6-19)20-7-15-24(30)16-8-20;20-16-7-1-13(2-8-16)19(14-3-9-17(21)10-4-14)15-5-11-18(22)12-6-15/h1-16,25-30H;1-12,19-22H. The summed E-state index contributed by atoms with van der Waals surface area (Å²) in [5.74, 6) is 1.10. The van der Waals surface area contributed by atoms with Gasteiger partial charge in [0.2, 0.25) is 0 Å². The van der Waals surface area contributed by atoms with Crippen LogP contribution in [0.5, 0.6) is 40.2 Å². The SMILES string of the molecule is Oc1ccc(C(c2ccc(O)cc2)C(c2ccc(O)cc2)c2ccc(O)cc2)cc1.Oc1ccc(C(c2ccc(O)cc2)c2ccc(O)cc2)cc1. The zero-order chi connectivity index (χ0) is 36.6. The van der Waals surface area contributed by atoms with Crippen molar-refractivity contribution >= 4 is 0 Å². The van der Waals surface area contributed by atoms with E-state index in [0.29, 0.717) is 0 Å². The molecule has 7 aromatic rings. The molecule has 7 nitrogen and oxygen atoms in total. The van der Waals surface area contributed by atoms with Crippen molar-refractivity contribution in [2.45, 2.75) is 17.8 Å². The highest BCUT2D eigenvalue weighted by atomic mass is 16.3. The Bertz CT molecular complexity index is 1870. The minimum atomic E-state index is -0.139. The van der Waals surface area contributed by atoms with Gasteiger partial charge in [-0.25, -0.2) is 0 Å². The fourth-order valence-corrected chi connectivity index (χ4v) is 6.46. The van der Waals surface area contributed by atoms with Gasteiger partial charge in [0.1, 0.15) is 40.2 Å². The summed E-state index contributed by atoms with van der Waals surface area (Å²) < 4.78 is 0. The average Bonchev–Trinajstić information content (AvgIpc) is 3.15. The summed E-state index contributed by atoms with van der Waals surface area (Å²) in [6.07, 6.45) is 0. The van der Waals surface area contributed by atoms with Gasteiger partial charge in [0, 0.05) is 17.8 Å². The lowest BCUT2D eigenvalue weighted by atomic mass is 9.73. The maximum atomic E-state index is 9.79. The highest BCUT2D eigenvalue weighted by Crippen LogP contribution is 2.44. The van der Waals surface area contributed by atoms with Crippen molar-refractivity contribution in [2.24, 2.45) is 0 Å². The first kappa shape index (κ1) is 35.0. The minimum Gasteiger partial charge on any atom is -0.508 e. The van der Waals surface area contributed by atoms with Crippen molar-refractivity contribution in [1.82, 2.24) is 0 Å². The van der Waals surface area contributed by atoms with Crippen LogP contribution in [0.15, 0.2) is 170 Å². The molecule has 0 aliphatic carbocycles. The van der Waals surface area contributed by atoms with E-state index in [0.717, 1.165) is 38.9 Å². The molecule has 0 heterocycles. The minimum absolute atomic E-state index is 0.0400. The maximum absolute atomic E-state index is 9.79. The third-order valence-corrected chi connectivity index (χ3v) is 9.02. The summed E-state index contributed by atoms with van der Waals surface area (Å²) in [4.78, 5) is 0. The second-order valence-electron chi connectivity index (χ2n) is 12.5. The predicted molar refractivity (Wildman–Crippen MR) is 201 cm³/mol. The topological polar surface area (TPSA) is 142 Å². The van der Waals surface area contributed by atoms with E-state index in [1.807, 2.05) is 84.9 Å². The molecule has 0 atom stereocenters. The lowest BCUT2D eigenvalue weighted by molar-refractivity contribution is 0.473. The maximum Gasteiger partial charge on any atom is 0.115 e. The van der Waals surface area contributed by atoms with E-state index in [9.17, 15) is 35.7 Å². The molecule has 7 rings (SSSR count). The molecular formula is C45H38O7. The van der Waals surface area contributed by atoms with Gasteiger partial charge >= 0.3 is 0 Å². The van der Waals surface area contributed by atoms with Crippen LogP contribution in [0.1, 0.15) is 56.7 Å². The number of phenolic OH excluding ortho intramolecular Hbond substituents is 7. The van der Waals surface area contributed by atoms with Gasteiger partial charge in [-0.3, -0.25) is 0 Å². The molecule has 0 saturated carbocycles. The van der Waals surface area contributed by atoms with Gasteiger partial charge in [-0.1, -0.05) is 84.9 Å². The van der Waals surface area contributed by atoms with Crippen LogP contribution in [-0.2, 0) is 0 Å². The van der Waals surface area contributed by atoms with E-state index in [1.54, 1.807) is 84.9 Å². The Morgan fingerprint density at radius 1 is 0.192 bits per heavy atom. The van der Waals surface area contributed by atoms with Crippen molar-refractivity contribution in [3.63, 3.8) is 0 Å². The molecule has 0 aliphatic heterocycles. The number of benzene rings is 7. The van der Waals surface area contributed by atoms with Crippen LogP contribution < -0.4 is 0 Å². The van der Waals surface area contributed by atoms with E-state index in [1.165, 1.54) is 0 Å². The molecule has 7 heteroatoms. The van der Waals surface area contributed by atoms with Crippen LogP contribution in [0.25, 0.3) is 0 Å². The highest BCUT2D eigenvalue weighted by Gasteiger charge is 2.28. The third-order valence-electron chi connectivity index (χ3n) is 9.02. The number of aromatic hydroxyl groups is 7. The number of phenols is 7. The van der Waals surface area contributed by atoms with Gasteiger partial charge in [-0.15, -0.1) is 0 Å². The zero-order valence-corrected chi connectivity index (χ0v) is 28.0. The smallest absolute Gasteiger partial charge is 0.115 e. The van der Waals surface area contributed by atoms with Crippen LogP contribution in [0.3, 0.4) is 0 Å². The van der Waals surface area contributed by atoms with Crippen molar-refractivity contribution in [3.8, 4) is 40.2 Å². The Morgan fingerprint density at radius 2 is 0.327 bits per heavy atom. The van der Waals surface area contributed by atoms with Crippen LogP contribution in [0.4, 0.5) is 0 Å². The number of hydrogen-bond acceptors (Lipinski definition) is 7. The first-order valence-corrected chi connectivity index (χ1v) is 16.7. The van der Waals surface area contributed by atoms with Crippen LogP contribution >= 0.6 is 0 Å². The second-order valence-corrected chi connectivity index (χ2v) is 12.5. The van der Waals surface area contributed by atoms with E-state index < -0.39 is 0 Å². The molecule has 0 fully saturated rings. The lowest BCUT2D eigenvalue weighted by Crippen LogP contribution is -2.14. The van der Waals surface area contributed by atoms with Crippen molar-refractivity contribution in [1.29, 1.82) is 0 Å². The molecule has 0 unspecified atom stereocenters. The third kappa shape index (κ3) is 8.46. The van der Waals surface area contributed by atoms with Gasteiger partial charge in [-0.2, -0.15) is 0 Å². The molecule has 0 bridgehead atoms. The molecule has 7 N–H and O–H groups in total. The van der Waals surface area contributed by atoms with Gasteiger partial charge in [0.05, 0.1) is 0 Å². The normalized spacial score (nSPS) is 11.0. The van der Waals surface area contributed by atoms with Crippen molar-refractivity contribution in [3.05, 3.63) is 209 Å². The molecule has 260 valence electrons. The van der Waals surface area contributed by atoms with E-state index >= 15 is 0 Å². The average molecular weight is 691 g/mol. The quantitative estimate of drug-likeness (QED) is 0.0788. The van der Waals surface area contributed by atoms with Crippen LogP contribution in [-0.4, -0.2) is 35.7 Å². The Labute approximate surface area is 301 Å². The second kappa shape index (κ2) is 15.8. The number of rotatable bonds is 8. The molecular weight excluding hydrogens is 652 g/mol. The Hall–Kier alpha value is -6.86. The summed E-state index contributed by atoms with van der Waals surface area (Å²) in [6, 6.07) is 49.6. The molecule has 0 aliphatic rings. The Kier molecular flexibility index (Phi) is 10.6. The summed E-state index contributed by atoms with van der Waals surface area (Å²) >= 11 is 0. The molecule has 7 aromatic carbocycles. The van der Waals surface area contributed by atoms with E-state index in [4.69, 9.17) is 0 Å². The van der Waals surface area contributed by atoms with E-state index in [2.05, 4.69) is 0 Å². The van der Waals surface area contributed by atoms with Crippen molar-refractivity contribution in [2.75, 3.05) is 0 Å². The monoisotopic (exact) mass is 690 g/mol. The Morgan fingerprint density at radius 3 is 0.481 bits per heavy atom. The summed E-state index contributed by atoms with van der Waals surface area (Å²) in [6.45, 7) is 0. The first-order chi connectivity index (χ1) is 25.1. The Balaban J connectivity index is 0.000000187. The summed E-state index contributed by atoms with van der Waals surface area (Å²) in [7, 11) is 0. The van der Waals surface area contributed by atoms with Crippen molar-refractivity contribution < 1.29 is 35.7 Å². The van der Waals surface area contributed by atoms with Gasteiger partial charge < -0.3 is 35.7 Å². The first-order valence-electron chi connectivity index (χ1n) is 16.7. The van der Waals surface area contributed by atoms with Crippen LogP contribution in [0.2, 0.25) is 0 Å². The zero-order valence-electron chi connectivity index (χ0n) is 28.0. The van der Waals surface area contributed by atoms with Gasteiger partial charge in [-0.05, 0) is 124 Å². The summed E-state index contributed by atoms with van der Waals surface area (Å²) in [5.41, 5.74) is 7.03. The molecule has 0 radical (unpaired) electrons. The highest BCUT2D eigenvalue weighted by molar-refractivity contribution is 5.49. The number of hydrogen-bond donors (Lipinski definition) is 7. The lowest BCUT2D eigenvalue weighted by Gasteiger charge is -2.29. The fraction of sp³-hybridized carbons (Fsp3) is 0.0667. The van der Waals surface area contributed by atoms with Gasteiger partial charge in [0.15, 0.2) is 0 Å². The fourth-order valence-electron chi connectivity index (χ4n) is 6.46. The molecule has 0 amide bonds. The predicted octanol–water partition coefficient (Wildman–Crippen LogP) is 9.46. The molecule has 52 heavy (non-hydrogen) atoms.